The smallest absolute Gasteiger partial charge is 0.0623 e. The van der Waals surface area contributed by atoms with Gasteiger partial charge in [-0.1, -0.05) is 13.0 Å². The van der Waals surface area contributed by atoms with Crippen LogP contribution in [0, 0.1) is 12.8 Å². The first-order chi connectivity index (χ1) is 7.88. The molecule has 1 aliphatic rings. The van der Waals surface area contributed by atoms with Crippen LogP contribution in [0.5, 0.6) is 0 Å². The van der Waals surface area contributed by atoms with Crippen LogP contribution in [-0.4, -0.2) is 15.7 Å². The zero-order chi connectivity index (χ0) is 12.6. The van der Waals surface area contributed by atoms with Crippen LogP contribution in [0.1, 0.15) is 56.5 Å². The molecular weight excluding hydrogens is 210 g/mol. The third kappa shape index (κ3) is 2.68. The molecule has 0 amide bonds. The van der Waals surface area contributed by atoms with Crippen LogP contribution in [0.4, 0.5) is 0 Å². The number of aryl methyl sites for hydroxylation is 1. The molecule has 2 atom stereocenters. The number of aliphatic hydroxyl groups is 1. The number of pyridine rings is 1. The molecule has 1 aromatic heterocycles. The molecular formula is C15H23NO. The van der Waals surface area contributed by atoms with E-state index in [-0.39, 0.29) is 0 Å². The summed E-state index contributed by atoms with van der Waals surface area (Å²) in [5.41, 5.74) is 3.05. The first kappa shape index (κ1) is 12.6. The highest BCUT2D eigenvalue weighted by molar-refractivity contribution is 5.28. The van der Waals surface area contributed by atoms with Gasteiger partial charge in [-0.15, -0.1) is 0 Å². The van der Waals surface area contributed by atoms with Crippen molar-refractivity contribution in [1.82, 2.24) is 4.98 Å². The quantitative estimate of drug-likeness (QED) is 0.755. The zero-order valence-corrected chi connectivity index (χ0v) is 11.3. The number of nitrogens with zero attached hydrogens (tertiary/aromatic N) is 1. The molecule has 2 nitrogen and oxygen atoms in total. The van der Waals surface area contributed by atoms with Gasteiger partial charge in [0, 0.05) is 11.4 Å². The molecule has 0 radical (unpaired) electrons. The summed E-state index contributed by atoms with van der Waals surface area (Å²) in [7, 11) is 0. The van der Waals surface area contributed by atoms with E-state index in [1.54, 1.807) is 0 Å². The highest BCUT2D eigenvalue weighted by atomic mass is 16.3. The van der Waals surface area contributed by atoms with Gasteiger partial charge in [-0.05, 0) is 63.5 Å². The fourth-order valence-electron chi connectivity index (χ4n) is 2.78. The first-order valence-electron chi connectivity index (χ1n) is 6.56. The molecule has 2 rings (SSSR count). The van der Waals surface area contributed by atoms with E-state index in [0.717, 1.165) is 25.0 Å². The summed E-state index contributed by atoms with van der Waals surface area (Å²) in [6.45, 7) is 8.14. The van der Waals surface area contributed by atoms with Crippen molar-refractivity contribution < 1.29 is 5.11 Å². The van der Waals surface area contributed by atoms with Gasteiger partial charge in [0.2, 0.25) is 0 Å². The molecule has 2 heteroatoms. The van der Waals surface area contributed by atoms with E-state index >= 15 is 0 Å². The maximum Gasteiger partial charge on any atom is 0.0623 e. The SMILES string of the molecule is Cc1ccc2c(n1)C[C@H](C(C)(C)O)CC[C@@H]2C. The van der Waals surface area contributed by atoms with E-state index in [9.17, 15) is 5.11 Å². The molecule has 1 aliphatic carbocycles. The molecule has 0 spiro atoms. The summed E-state index contributed by atoms with van der Waals surface area (Å²) in [6.07, 6.45) is 3.14. The third-order valence-electron chi connectivity index (χ3n) is 4.07. The zero-order valence-electron chi connectivity index (χ0n) is 11.3. The molecule has 0 bridgehead atoms. The Morgan fingerprint density at radius 3 is 2.65 bits per heavy atom. The van der Waals surface area contributed by atoms with Crippen molar-refractivity contribution >= 4 is 0 Å². The Morgan fingerprint density at radius 2 is 2.00 bits per heavy atom. The van der Waals surface area contributed by atoms with Crippen molar-refractivity contribution in [2.24, 2.45) is 5.92 Å². The van der Waals surface area contributed by atoms with Gasteiger partial charge in [0.25, 0.3) is 0 Å². The van der Waals surface area contributed by atoms with E-state index < -0.39 is 5.60 Å². The normalized spacial score (nSPS) is 25.2. The van der Waals surface area contributed by atoms with Crippen LogP contribution in [-0.2, 0) is 6.42 Å². The van der Waals surface area contributed by atoms with Crippen molar-refractivity contribution in [3.05, 3.63) is 29.1 Å². The average molecular weight is 233 g/mol. The van der Waals surface area contributed by atoms with Crippen molar-refractivity contribution in [3.8, 4) is 0 Å². The average Bonchev–Trinajstić information content (AvgIpc) is 2.37. The standard InChI is InChI=1S/C15H23NO/c1-10-5-7-12(15(3,4)17)9-14-13(10)8-6-11(2)16-14/h6,8,10,12,17H,5,7,9H2,1-4H3/t10-,12+/m0/s1. The second-order valence-corrected chi connectivity index (χ2v) is 6.02. The molecule has 0 unspecified atom stereocenters. The molecule has 17 heavy (non-hydrogen) atoms. The number of hydrogen-bond acceptors (Lipinski definition) is 2. The number of rotatable bonds is 1. The van der Waals surface area contributed by atoms with Crippen LogP contribution in [0.3, 0.4) is 0 Å². The Morgan fingerprint density at radius 1 is 1.29 bits per heavy atom. The molecule has 0 saturated carbocycles. The largest absolute Gasteiger partial charge is 0.390 e. The third-order valence-corrected chi connectivity index (χ3v) is 4.07. The Balaban J connectivity index is 2.36. The van der Waals surface area contributed by atoms with Crippen LogP contribution >= 0.6 is 0 Å². The van der Waals surface area contributed by atoms with E-state index in [4.69, 9.17) is 0 Å². The van der Waals surface area contributed by atoms with Crippen molar-refractivity contribution in [3.63, 3.8) is 0 Å². The van der Waals surface area contributed by atoms with Gasteiger partial charge in [-0.2, -0.15) is 0 Å². The molecule has 0 aromatic carbocycles. The minimum atomic E-state index is -0.604. The van der Waals surface area contributed by atoms with E-state index in [0.29, 0.717) is 11.8 Å². The molecule has 1 heterocycles. The lowest BCUT2D eigenvalue weighted by atomic mass is 9.84. The number of aromatic nitrogens is 1. The fourth-order valence-corrected chi connectivity index (χ4v) is 2.78. The Labute approximate surface area is 104 Å². The van der Waals surface area contributed by atoms with E-state index in [1.807, 2.05) is 20.8 Å². The molecule has 1 N–H and O–H groups in total. The first-order valence-corrected chi connectivity index (χ1v) is 6.56. The summed E-state index contributed by atoms with van der Waals surface area (Å²) >= 11 is 0. The summed E-state index contributed by atoms with van der Waals surface area (Å²) in [6, 6.07) is 4.31. The Bertz CT molecular complexity index is 406. The highest BCUT2D eigenvalue weighted by Crippen LogP contribution is 2.36. The van der Waals surface area contributed by atoms with Gasteiger partial charge in [-0.3, -0.25) is 4.98 Å². The Hall–Kier alpha value is -0.890. The summed E-state index contributed by atoms with van der Waals surface area (Å²) in [5.74, 6) is 0.881. The lowest BCUT2D eigenvalue weighted by molar-refractivity contribution is 0.0127. The monoisotopic (exact) mass is 233 g/mol. The van der Waals surface area contributed by atoms with Crippen LogP contribution in [0.25, 0.3) is 0 Å². The van der Waals surface area contributed by atoms with E-state index in [2.05, 4.69) is 24.0 Å². The minimum absolute atomic E-state index is 0.320. The summed E-state index contributed by atoms with van der Waals surface area (Å²) in [5, 5.41) is 10.2. The van der Waals surface area contributed by atoms with Crippen molar-refractivity contribution in [2.75, 3.05) is 0 Å². The van der Waals surface area contributed by atoms with Crippen LogP contribution < -0.4 is 0 Å². The lowest BCUT2D eigenvalue weighted by Gasteiger charge is -2.28. The number of fused-ring (bicyclic) bond motifs is 1. The van der Waals surface area contributed by atoms with Gasteiger partial charge in [0.1, 0.15) is 0 Å². The van der Waals surface area contributed by atoms with Crippen molar-refractivity contribution in [1.29, 1.82) is 0 Å². The van der Waals surface area contributed by atoms with Crippen molar-refractivity contribution in [2.45, 2.75) is 58.5 Å². The predicted molar refractivity (Wildman–Crippen MR) is 70.1 cm³/mol. The van der Waals surface area contributed by atoms with Crippen LogP contribution in [0.2, 0.25) is 0 Å². The van der Waals surface area contributed by atoms with Gasteiger partial charge >= 0.3 is 0 Å². The molecule has 0 fully saturated rings. The van der Waals surface area contributed by atoms with Gasteiger partial charge < -0.3 is 5.11 Å². The highest BCUT2D eigenvalue weighted by Gasteiger charge is 2.31. The maximum absolute atomic E-state index is 10.2. The summed E-state index contributed by atoms with van der Waals surface area (Å²) < 4.78 is 0. The van der Waals surface area contributed by atoms with Crippen LogP contribution in [0.15, 0.2) is 12.1 Å². The Kier molecular flexibility index (Phi) is 3.26. The van der Waals surface area contributed by atoms with E-state index in [1.165, 1.54) is 11.3 Å². The minimum Gasteiger partial charge on any atom is -0.390 e. The van der Waals surface area contributed by atoms with Gasteiger partial charge in [0.05, 0.1) is 5.60 Å². The molecule has 94 valence electrons. The molecule has 1 aromatic rings. The fraction of sp³-hybridized carbons (Fsp3) is 0.667. The second kappa shape index (κ2) is 4.41. The predicted octanol–water partition coefficient (Wildman–Crippen LogP) is 3.22. The summed E-state index contributed by atoms with van der Waals surface area (Å²) in [4.78, 5) is 4.68. The lowest BCUT2D eigenvalue weighted by Crippen LogP contribution is -2.32. The van der Waals surface area contributed by atoms with Gasteiger partial charge in [-0.25, -0.2) is 0 Å². The number of hydrogen-bond donors (Lipinski definition) is 1. The maximum atomic E-state index is 10.2. The molecule has 0 saturated heterocycles. The topological polar surface area (TPSA) is 33.1 Å². The van der Waals surface area contributed by atoms with Gasteiger partial charge in [0.15, 0.2) is 0 Å². The second-order valence-electron chi connectivity index (χ2n) is 6.02. The molecule has 0 aliphatic heterocycles.